The summed E-state index contributed by atoms with van der Waals surface area (Å²) in [7, 11) is 1.56. The Labute approximate surface area is 166 Å². The zero-order valence-corrected chi connectivity index (χ0v) is 16.3. The van der Waals surface area contributed by atoms with Crippen LogP contribution in [0.15, 0.2) is 60.0 Å². The molecule has 1 atom stereocenters. The van der Waals surface area contributed by atoms with Crippen molar-refractivity contribution in [1.82, 2.24) is 15.2 Å². The molecule has 4 rings (SSSR count). The fourth-order valence-electron chi connectivity index (χ4n) is 3.23. The van der Waals surface area contributed by atoms with Crippen LogP contribution in [0.3, 0.4) is 0 Å². The monoisotopic (exact) mass is 393 g/mol. The largest absolute Gasteiger partial charge is 0.497 e. The number of aromatic nitrogens is 1. The number of carbonyl (C=O) groups excluding carboxylic acids is 2. The number of carbonyl (C=O) groups is 2. The average Bonchev–Trinajstić information content (AvgIpc) is 3.28. The quantitative estimate of drug-likeness (QED) is 0.670. The second-order valence-corrected chi connectivity index (χ2v) is 7.55. The number of thiazole rings is 1. The van der Waals surface area contributed by atoms with Crippen LogP contribution < -0.4 is 10.1 Å². The molecule has 0 aliphatic carbocycles. The first-order chi connectivity index (χ1) is 13.5. The van der Waals surface area contributed by atoms with E-state index in [1.807, 2.05) is 35.7 Å². The topological polar surface area (TPSA) is 71.5 Å². The predicted octanol–water partition coefficient (Wildman–Crippen LogP) is 3.79. The average molecular weight is 393 g/mol. The Morgan fingerprint density at radius 2 is 1.93 bits per heavy atom. The van der Waals surface area contributed by atoms with Gasteiger partial charge < -0.3 is 10.1 Å². The molecule has 1 aliphatic rings. The summed E-state index contributed by atoms with van der Waals surface area (Å²) in [6, 6.07) is 16.6. The van der Waals surface area contributed by atoms with Crippen LogP contribution >= 0.6 is 11.3 Å². The summed E-state index contributed by atoms with van der Waals surface area (Å²) in [5.74, 6) is 0.325. The first-order valence-corrected chi connectivity index (χ1v) is 9.68. The van der Waals surface area contributed by atoms with E-state index in [0.29, 0.717) is 17.0 Å². The second-order valence-electron chi connectivity index (χ2n) is 6.69. The highest BCUT2D eigenvalue weighted by Gasteiger charge is 2.49. The fraction of sp³-hybridized carbons (Fsp3) is 0.190. The van der Waals surface area contributed by atoms with Gasteiger partial charge in [0.2, 0.25) is 0 Å². The third kappa shape index (κ3) is 3.14. The SMILES string of the molecule is COc1cccc([C@]2(C)NC(=O)N(Cc3csc(-c4ccccc4)n3)C2=O)c1. The van der Waals surface area contributed by atoms with Crippen LogP contribution in [-0.4, -0.2) is 28.9 Å². The van der Waals surface area contributed by atoms with E-state index in [1.165, 1.54) is 16.2 Å². The number of methoxy groups -OCH3 is 1. The third-order valence-corrected chi connectivity index (χ3v) is 5.75. The molecule has 0 spiro atoms. The van der Waals surface area contributed by atoms with Crippen molar-refractivity contribution in [2.24, 2.45) is 0 Å². The van der Waals surface area contributed by atoms with Crippen LogP contribution in [0.4, 0.5) is 4.79 Å². The number of benzene rings is 2. The molecule has 2 heterocycles. The van der Waals surface area contributed by atoms with Gasteiger partial charge >= 0.3 is 6.03 Å². The van der Waals surface area contributed by atoms with E-state index < -0.39 is 11.6 Å². The molecule has 142 valence electrons. The van der Waals surface area contributed by atoms with Gasteiger partial charge in [-0.25, -0.2) is 9.78 Å². The minimum Gasteiger partial charge on any atom is -0.497 e. The number of nitrogens with zero attached hydrogens (tertiary/aromatic N) is 2. The lowest BCUT2D eigenvalue weighted by Gasteiger charge is -2.22. The summed E-state index contributed by atoms with van der Waals surface area (Å²) in [4.78, 5) is 31.4. The molecular formula is C21H19N3O3S. The minimum absolute atomic E-state index is 0.132. The molecule has 6 nitrogen and oxygen atoms in total. The lowest BCUT2D eigenvalue weighted by Crippen LogP contribution is -2.40. The van der Waals surface area contributed by atoms with E-state index in [4.69, 9.17) is 4.74 Å². The fourth-order valence-corrected chi connectivity index (χ4v) is 4.04. The van der Waals surface area contributed by atoms with Gasteiger partial charge in [0.25, 0.3) is 5.91 Å². The summed E-state index contributed by atoms with van der Waals surface area (Å²) < 4.78 is 5.24. The van der Waals surface area contributed by atoms with Crippen molar-refractivity contribution in [3.05, 3.63) is 71.2 Å². The van der Waals surface area contributed by atoms with E-state index in [0.717, 1.165) is 10.6 Å². The number of nitrogens with one attached hydrogen (secondary N) is 1. The van der Waals surface area contributed by atoms with Crippen molar-refractivity contribution in [3.63, 3.8) is 0 Å². The molecule has 1 aliphatic heterocycles. The molecule has 0 saturated carbocycles. The smallest absolute Gasteiger partial charge is 0.325 e. The van der Waals surface area contributed by atoms with Crippen LogP contribution in [0, 0.1) is 0 Å². The molecule has 7 heteroatoms. The first kappa shape index (κ1) is 18.2. The third-order valence-electron chi connectivity index (χ3n) is 4.81. The van der Waals surface area contributed by atoms with Crippen LogP contribution in [0.25, 0.3) is 10.6 Å². The summed E-state index contributed by atoms with van der Waals surface area (Å²) >= 11 is 1.49. The van der Waals surface area contributed by atoms with Gasteiger partial charge in [0.1, 0.15) is 16.3 Å². The maximum absolute atomic E-state index is 13.1. The molecule has 0 bridgehead atoms. The van der Waals surface area contributed by atoms with E-state index in [9.17, 15) is 9.59 Å². The van der Waals surface area contributed by atoms with Crippen molar-refractivity contribution in [2.45, 2.75) is 19.0 Å². The molecule has 0 radical (unpaired) electrons. The predicted molar refractivity (Wildman–Crippen MR) is 107 cm³/mol. The van der Waals surface area contributed by atoms with Gasteiger partial charge in [-0.2, -0.15) is 0 Å². The number of imide groups is 1. The molecule has 28 heavy (non-hydrogen) atoms. The Kier molecular flexibility index (Phi) is 4.60. The summed E-state index contributed by atoms with van der Waals surface area (Å²) in [6.45, 7) is 1.84. The van der Waals surface area contributed by atoms with Crippen molar-refractivity contribution in [3.8, 4) is 16.3 Å². The highest BCUT2D eigenvalue weighted by Crippen LogP contribution is 2.32. The molecule has 1 aromatic heterocycles. The van der Waals surface area contributed by atoms with Gasteiger partial charge in [-0.15, -0.1) is 11.3 Å². The summed E-state index contributed by atoms with van der Waals surface area (Å²) in [5, 5.41) is 5.55. The molecule has 2 aromatic carbocycles. The van der Waals surface area contributed by atoms with E-state index >= 15 is 0 Å². The lowest BCUT2D eigenvalue weighted by atomic mass is 9.92. The van der Waals surface area contributed by atoms with Crippen molar-refractivity contribution >= 4 is 23.3 Å². The number of urea groups is 1. The van der Waals surface area contributed by atoms with Gasteiger partial charge in [0, 0.05) is 10.9 Å². The Hall–Kier alpha value is -3.19. The van der Waals surface area contributed by atoms with Crippen LogP contribution in [-0.2, 0) is 16.9 Å². The molecular weight excluding hydrogens is 374 g/mol. The van der Waals surface area contributed by atoms with Crippen LogP contribution in [0.2, 0.25) is 0 Å². The highest BCUT2D eigenvalue weighted by atomic mass is 32.1. The molecule has 1 fully saturated rings. The van der Waals surface area contributed by atoms with E-state index in [1.54, 1.807) is 38.3 Å². The normalized spacial score (nSPS) is 19.0. The van der Waals surface area contributed by atoms with Gasteiger partial charge in [0.05, 0.1) is 19.3 Å². The molecule has 0 unspecified atom stereocenters. The lowest BCUT2D eigenvalue weighted by molar-refractivity contribution is -0.131. The van der Waals surface area contributed by atoms with Crippen molar-refractivity contribution < 1.29 is 14.3 Å². The van der Waals surface area contributed by atoms with Crippen molar-refractivity contribution in [2.75, 3.05) is 7.11 Å². The maximum atomic E-state index is 13.1. The first-order valence-electron chi connectivity index (χ1n) is 8.80. The number of hydrogen-bond acceptors (Lipinski definition) is 5. The number of hydrogen-bond donors (Lipinski definition) is 1. The second kappa shape index (κ2) is 7.09. The molecule has 1 saturated heterocycles. The summed E-state index contributed by atoms with van der Waals surface area (Å²) in [6.07, 6.45) is 0. The highest BCUT2D eigenvalue weighted by molar-refractivity contribution is 7.13. The Morgan fingerprint density at radius 1 is 1.14 bits per heavy atom. The van der Waals surface area contributed by atoms with Crippen LogP contribution in [0.1, 0.15) is 18.2 Å². The Balaban J connectivity index is 1.57. The number of amides is 3. The molecule has 3 amide bonds. The minimum atomic E-state index is -1.14. The van der Waals surface area contributed by atoms with Gasteiger partial charge in [-0.05, 0) is 24.6 Å². The standard InChI is InChI=1S/C21H19N3O3S/c1-21(15-9-6-10-17(11-15)27-2)19(25)24(20(26)23-21)12-16-13-28-18(22-16)14-7-4-3-5-8-14/h3-11,13H,12H2,1-2H3,(H,23,26)/t21-/m0/s1. The van der Waals surface area contributed by atoms with Crippen molar-refractivity contribution in [1.29, 1.82) is 0 Å². The number of ether oxygens (including phenoxy) is 1. The van der Waals surface area contributed by atoms with E-state index in [-0.39, 0.29) is 12.5 Å². The Bertz CT molecular complexity index is 1030. The Morgan fingerprint density at radius 3 is 2.68 bits per heavy atom. The van der Waals surface area contributed by atoms with E-state index in [2.05, 4.69) is 10.3 Å². The van der Waals surface area contributed by atoms with Gasteiger partial charge in [-0.3, -0.25) is 9.69 Å². The van der Waals surface area contributed by atoms with Gasteiger partial charge in [0.15, 0.2) is 0 Å². The van der Waals surface area contributed by atoms with Crippen LogP contribution in [0.5, 0.6) is 5.75 Å². The maximum Gasteiger partial charge on any atom is 0.325 e. The molecule has 1 N–H and O–H groups in total. The zero-order valence-electron chi connectivity index (χ0n) is 15.5. The zero-order chi connectivity index (χ0) is 19.7. The van der Waals surface area contributed by atoms with Gasteiger partial charge in [-0.1, -0.05) is 42.5 Å². The number of rotatable bonds is 5. The molecule has 3 aromatic rings. The summed E-state index contributed by atoms with van der Waals surface area (Å²) in [5.41, 5.74) is 1.24.